The first kappa shape index (κ1) is 13.5. The highest BCUT2D eigenvalue weighted by Gasteiger charge is 2.09. The van der Waals surface area contributed by atoms with E-state index in [1.54, 1.807) is 0 Å². The van der Waals surface area contributed by atoms with Gasteiger partial charge >= 0.3 is 0 Å². The van der Waals surface area contributed by atoms with Crippen molar-refractivity contribution in [3.8, 4) is 0 Å². The molecule has 1 heterocycles. The Balaban J connectivity index is 2.26. The van der Waals surface area contributed by atoms with E-state index in [0.29, 0.717) is 12.0 Å². The summed E-state index contributed by atoms with van der Waals surface area (Å²) in [6.07, 6.45) is 1.85. The normalized spacial score (nSPS) is 13.2. The molecule has 1 aromatic heterocycles. The number of hydrogen-bond donors (Lipinski definition) is 1. The van der Waals surface area contributed by atoms with Crippen molar-refractivity contribution >= 4 is 26.8 Å². The minimum atomic E-state index is 0.507. The summed E-state index contributed by atoms with van der Waals surface area (Å²) in [6.45, 7) is 7.55. The molecule has 0 aliphatic heterocycles. The Morgan fingerprint density at radius 1 is 1.22 bits per heavy atom. The second-order valence-electron chi connectivity index (χ2n) is 5.02. The Hall–Kier alpha value is -0.930. The average Bonchev–Trinajstić information content (AvgIpc) is 2.38. The average molecular weight is 307 g/mol. The molecule has 3 heteroatoms. The van der Waals surface area contributed by atoms with Crippen molar-refractivity contribution in [1.82, 2.24) is 10.3 Å². The zero-order chi connectivity index (χ0) is 13.1. The topological polar surface area (TPSA) is 24.9 Å². The zero-order valence-electron chi connectivity index (χ0n) is 11.1. The second-order valence-corrected chi connectivity index (χ2v) is 5.87. The van der Waals surface area contributed by atoms with E-state index < -0.39 is 0 Å². The molecular formula is C15H19BrN2. The van der Waals surface area contributed by atoms with Crippen LogP contribution in [0.1, 0.15) is 26.3 Å². The fourth-order valence-corrected chi connectivity index (χ4v) is 2.30. The van der Waals surface area contributed by atoms with Gasteiger partial charge in [0.2, 0.25) is 0 Å². The van der Waals surface area contributed by atoms with E-state index in [0.717, 1.165) is 16.5 Å². The lowest BCUT2D eigenvalue weighted by atomic mass is 10.1. The highest BCUT2D eigenvalue weighted by molar-refractivity contribution is 9.10. The fourth-order valence-electron chi connectivity index (χ4n) is 1.85. The molecule has 0 amide bonds. The van der Waals surface area contributed by atoms with E-state index in [9.17, 15) is 0 Å². The molecule has 0 radical (unpaired) electrons. The quantitative estimate of drug-likeness (QED) is 0.918. The number of hydrogen-bond acceptors (Lipinski definition) is 2. The molecule has 18 heavy (non-hydrogen) atoms. The predicted molar refractivity (Wildman–Crippen MR) is 80.6 cm³/mol. The third-order valence-corrected chi connectivity index (χ3v) is 4.11. The van der Waals surface area contributed by atoms with Crippen LogP contribution in [0.3, 0.4) is 0 Å². The van der Waals surface area contributed by atoms with Crippen LogP contribution in [0.5, 0.6) is 0 Å². The first-order valence-corrected chi connectivity index (χ1v) is 7.14. The van der Waals surface area contributed by atoms with Gasteiger partial charge in [0.15, 0.2) is 0 Å². The number of nitrogens with one attached hydrogen (secondary N) is 1. The smallest absolute Gasteiger partial charge is 0.0758 e. The summed E-state index contributed by atoms with van der Waals surface area (Å²) in [5.74, 6) is 0.639. The number of aromatic nitrogens is 1. The van der Waals surface area contributed by atoms with Crippen molar-refractivity contribution < 1.29 is 0 Å². The fraction of sp³-hybridized carbons (Fsp3) is 0.400. The summed E-state index contributed by atoms with van der Waals surface area (Å²) in [6, 6.07) is 8.82. The number of benzene rings is 1. The van der Waals surface area contributed by atoms with E-state index in [-0.39, 0.29) is 0 Å². The number of fused-ring (bicyclic) bond motifs is 1. The standard InChI is InChI=1S/C15H19BrN2/c1-10(2)11(3)18-9-12-6-7-14(16)13-5-4-8-17-15(12)13/h4-8,10-11,18H,9H2,1-3H3. The van der Waals surface area contributed by atoms with Gasteiger partial charge in [-0.05, 0) is 30.5 Å². The third kappa shape index (κ3) is 2.90. The Labute approximate surface area is 117 Å². The van der Waals surface area contributed by atoms with Gasteiger partial charge in [-0.3, -0.25) is 4.98 Å². The molecule has 2 aromatic rings. The maximum atomic E-state index is 4.49. The number of pyridine rings is 1. The molecule has 0 bridgehead atoms. The summed E-state index contributed by atoms with van der Waals surface area (Å²) < 4.78 is 1.10. The van der Waals surface area contributed by atoms with Crippen LogP contribution in [-0.4, -0.2) is 11.0 Å². The van der Waals surface area contributed by atoms with Crippen molar-refractivity contribution in [3.05, 3.63) is 40.5 Å². The van der Waals surface area contributed by atoms with Gasteiger partial charge < -0.3 is 5.32 Å². The molecule has 1 N–H and O–H groups in total. The third-order valence-electron chi connectivity index (χ3n) is 3.41. The van der Waals surface area contributed by atoms with Crippen LogP contribution in [-0.2, 0) is 6.54 Å². The Morgan fingerprint density at radius 3 is 2.72 bits per heavy atom. The Morgan fingerprint density at radius 2 is 2.00 bits per heavy atom. The van der Waals surface area contributed by atoms with Crippen molar-refractivity contribution in [2.45, 2.75) is 33.4 Å². The molecule has 2 nitrogen and oxygen atoms in total. The van der Waals surface area contributed by atoms with E-state index in [1.165, 1.54) is 10.9 Å². The van der Waals surface area contributed by atoms with Crippen LogP contribution in [0.25, 0.3) is 10.9 Å². The van der Waals surface area contributed by atoms with E-state index in [2.05, 4.69) is 65.2 Å². The zero-order valence-corrected chi connectivity index (χ0v) is 12.7. The summed E-state index contributed by atoms with van der Waals surface area (Å²) in [5, 5.41) is 4.73. The lowest BCUT2D eigenvalue weighted by Gasteiger charge is -2.18. The summed E-state index contributed by atoms with van der Waals surface area (Å²) >= 11 is 3.57. The molecule has 0 spiro atoms. The number of halogens is 1. The monoisotopic (exact) mass is 306 g/mol. The highest BCUT2D eigenvalue weighted by atomic mass is 79.9. The molecule has 96 valence electrons. The largest absolute Gasteiger partial charge is 0.310 e. The van der Waals surface area contributed by atoms with Gasteiger partial charge in [0.1, 0.15) is 0 Å². The SMILES string of the molecule is CC(C)C(C)NCc1ccc(Br)c2cccnc12. The van der Waals surface area contributed by atoms with Crippen molar-refractivity contribution in [2.24, 2.45) is 5.92 Å². The molecule has 1 unspecified atom stereocenters. The Bertz CT molecular complexity index is 537. The molecule has 0 aliphatic carbocycles. The minimum Gasteiger partial charge on any atom is -0.310 e. The lowest BCUT2D eigenvalue weighted by molar-refractivity contribution is 0.426. The van der Waals surface area contributed by atoms with E-state index >= 15 is 0 Å². The van der Waals surface area contributed by atoms with Crippen molar-refractivity contribution in [2.75, 3.05) is 0 Å². The predicted octanol–water partition coefficient (Wildman–Crippen LogP) is 4.13. The van der Waals surface area contributed by atoms with Gasteiger partial charge in [0.05, 0.1) is 5.52 Å². The number of nitrogens with zero attached hydrogens (tertiary/aromatic N) is 1. The van der Waals surface area contributed by atoms with Crippen molar-refractivity contribution in [3.63, 3.8) is 0 Å². The lowest BCUT2D eigenvalue weighted by Crippen LogP contribution is -2.30. The maximum Gasteiger partial charge on any atom is 0.0758 e. The molecular weight excluding hydrogens is 288 g/mol. The van der Waals surface area contributed by atoms with Crippen LogP contribution < -0.4 is 5.32 Å². The second kappa shape index (κ2) is 5.81. The summed E-state index contributed by atoms with van der Waals surface area (Å²) in [7, 11) is 0. The van der Waals surface area contributed by atoms with Crippen LogP contribution in [0.15, 0.2) is 34.9 Å². The first-order chi connectivity index (χ1) is 8.59. The summed E-state index contributed by atoms with van der Waals surface area (Å²) in [4.78, 5) is 4.49. The molecule has 2 rings (SSSR count). The van der Waals surface area contributed by atoms with E-state index in [4.69, 9.17) is 0 Å². The minimum absolute atomic E-state index is 0.507. The number of rotatable bonds is 4. The van der Waals surface area contributed by atoms with Gasteiger partial charge in [-0.2, -0.15) is 0 Å². The van der Waals surface area contributed by atoms with Gasteiger partial charge in [-0.15, -0.1) is 0 Å². The molecule has 0 saturated carbocycles. The summed E-state index contributed by atoms with van der Waals surface area (Å²) in [5.41, 5.74) is 2.33. The van der Waals surface area contributed by atoms with Gasteiger partial charge in [0.25, 0.3) is 0 Å². The van der Waals surface area contributed by atoms with Crippen molar-refractivity contribution in [1.29, 1.82) is 0 Å². The van der Waals surface area contributed by atoms with Crippen LogP contribution in [0, 0.1) is 5.92 Å². The van der Waals surface area contributed by atoms with E-state index in [1.807, 2.05) is 12.3 Å². The van der Waals surface area contributed by atoms with Crippen LogP contribution in [0.2, 0.25) is 0 Å². The van der Waals surface area contributed by atoms with Crippen LogP contribution in [0.4, 0.5) is 0 Å². The maximum absolute atomic E-state index is 4.49. The molecule has 0 fully saturated rings. The van der Waals surface area contributed by atoms with Gasteiger partial charge in [0, 0.05) is 28.6 Å². The highest BCUT2D eigenvalue weighted by Crippen LogP contribution is 2.25. The van der Waals surface area contributed by atoms with Gasteiger partial charge in [-0.25, -0.2) is 0 Å². The first-order valence-electron chi connectivity index (χ1n) is 6.35. The van der Waals surface area contributed by atoms with Crippen LogP contribution >= 0.6 is 15.9 Å². The molecule has 0 aliphatic rings. The molecule has 1 aromatic carbocycles. The molecule has 1 atom stereocenters. The van der Waals surface area contributed by atoms with Gasteiger partial charge in [-0.1, -0.05) is 41.9 Å². The Kier molecular flexibility index (Phi) is 4.36. The molecule has 0 saturated heterocycles.